The average Bonchev–Trinajstić information content (AvgIpc) is 2.94. The molecule has 0 saturated carbocycles. The summed E-state index contributed by atoms with van der Waals surface area (Å²) in [5.74, 6) is 0.489. The van der Waals surface area contributed by atoms with E-state index in [1.807, 2.05) is 49.4 Å². The van der Waals surface area contributed by atoms with E-state index in [9.17, 15) is 9.18 Å². The topological polar surface area (TPSA) is 99.4 Å². The number of benzene rings is 2. The van der Waals surface area contributed by atoms with Crippen molar-refractivity contribution >= 4 is 11.7 Å². The predicted molar refractivity (Wildman–Crippen MR) is 160 cm³/mol. The SMILES string of the molecule is COC.COc1cc(F)c(-c2ccc3c(c2)Cc2cc(C(=O)NCc4c(C(C)C)cc(N)nc4C)ccc2C3)cn1. The van der Waals surface area contributed by atoms with Crippen LogP contribution in [-0.4, -0.2) is 37.2 Å². The number of carbonyl (C=O) groups excluding carboxylic acids is 1. The number of anilines is 1. The maximum absolute atomic E-state index is 14.7. The van der Waals surface area contributed by atoms with Gasteiger partial charge in [0.2, 0.25) is 5.88 Å². The van der Waals surface area contributed by atoms with Crippen LogP contribution in [0.15, 0.2) is 54.7 Å². The van der Waals surface area contributed by atoms with E-state index >= 15 is 0 Å². The maximum Gasteiger partial charge on any atom is 0.251 e. The Kier molecular flexibility index (Phi) is 9.35. The van der Waals surface area contributed by atoms with Crippen molar-refractivity contribution in [1.29, 1.82) is 0 Å². The molecular weight excluding hydrogens is 519 g/mol. The molecule has 1 aliphatic carbocycles. The smallest absolute Gasteiger partial charge is 0.251 e. The Morgan fingerprint density at radius 1 is 1.00 bits per heavy atom. The lowest BCUT2D eigenvalue weighted by Crippen LogP contribution is -2.25. The number of aryl methyl sites for hydroxylation is 1. The second-order valence-electron chi connectivity index (χ2n) is 10.5. The number of halogens is 1. The van der Waals surface area contributed by atoms with Crippen LogP contribution in [0, 0.1) is 12.7 Å². The van der Waals surface area contributed by atoms with Crippen LogP contribution in [0.2, 0.25) is 0 Å². The van der Waals surface area contributed by atoms with Gasteiger partial charge in [-0.05, 0) is 82.8 Å². The molecule has 2 aromatic carbocycles. The zero-order valence-electron chi connectivity index (χ0n) is 24.5. The fourth-order valence-electron chi connectivity index (χ4n) is 5.15. The summed E-state index contributed by atoms with van der Waals surface area (Å²) in [6.07, 6.45) is 2.94. The van der Waals surface area contributed by atoms with Crippen LogP contribution in [0.1, 0.15) is 69.2 Å². The van der Waals surface area contributed by atoms with Crippen LogP contribution in [-0.2, 0) is 24.1 Å². The largest absolute Gasteiger partial charge is 0.481 e. The zero-order chi connectivity index (χ0) is 29.7. The van der Waals surface area contributed by atoms with Crippen molar-refractivity contribution in [3.63, 3.8) is 0 Å². The van der Waals surface area contributed by atoms with E-state index in [1.54, 1.807) is 14.2 Å². The molecule has 0 aliphatic heterocycles. The molecule has 5 rings (SSSR count). The molecule has 0 radical (unpaired) electrons. The standard InChI is InChI=1S/C31H31FN4O2.C2H6O/c1-17(2)25-13-29(33)36-18(3)26(25)15-35-31(37)22-8-6-20-9-19-5-7-21(10-23(19)12-24(20)11-22)27-16-34-30(38-4)14-28(27)32;1-3-2/h5-8,10-11,13-14,16-17H,9,12,15H2,1-4H3,(H2,33,36)(H,35,37);1-2H3. The van der Waals surface area contributed by atoms with Gasteiger partial charge in [-0.1, -0.05) is 38.1 Å². The molecule has 0 bridgehead atoms. The molecular formula is C33H37FN4O3. The van der Waals surface area contributed by atoms with Crippen molar-refractivity contribution in [3.05, 3.63) is 105 Å². The highest BCUT2D eigenvalue weighted by atomic mass is 19.1. The lowest BCUT2D eigenvalue weighted by Gasteiger charge is -2.21. The van der Waals surface area contributed by atoms with Gasteiger partial charge in [0.15, 0.2) is 0 Å². The number of nitrogen functional groups attached to an aromatic ring is 1. The van der Waals surface area contributed by atoms with E-state index in [-0.39, 0.29) is 23.5 Å². The Balaban J connectivity index is 0.00000124. The number of fused-ring (bicyclic) bond motifs is 2. The quantitative estimate of drug-likeness (QED) is 0.266. The first-order valence-electron chi connectivity index (χ1n) is 13.5. The number of methoxy groups -OCH3 is 2. The molecule has 8 heteroatoms. The van der Waals surface area contributed by atoms with Crippen molar-refractivity contribution < 1.29 is 18.7 Å². The highest BCUT2D eigenvalue weighted by Gasteiger charge is 2.20. The minimum Gasteiger partial charge on any atom is -0.481 e. The van der Waals surface area contributed by atoms with Gasteiger partial charge in [0, 0.05) is 49.8 Å². The Morgan fingerprint density at radius 2 is 1.66 bits per heavy atom. The highest BCUT2D eigenvalue weighted by Crippen LogP contribution is 2.33. The fraction of sp³-hybridized carbons (Fsp3) is 0.303. The fourth-order valence-corrected chi connectivity index (χ4v) is 5.15. The third-order valence-electron chi connectivity index (χ3n) is 7.22. The van der Waals surface area contributed by atoms with Crippen LogP contribution in [0.3, 0.4) is 0 Å². The second-order valence-corrected chi connectivity index (χ2v) is 10.5. The maximum atomic E-state index is 14.7. The minimum absolute atomic E-state index is 0.135. The van der Waals surface area contributed by atoms with Crippen LogP contribution in [0.4, 0.5) is 10.2 Å². The van der Waals surface area contributed by atoms with Crippen LogP contribution < -0.4 is 15.8 Å². The molecule has 1 amide bonds. The van der Waals surface area contributed by atoms with Crippen molar-refractivity contribution in [2.24, 2.45) is 0 Å². The van der Waals surface area contributed by atoms with Crippen molar-refractivity contribution in [1.82, 2.24) is 15.3 Å². The molecule has 41 heavy (non-hydrogen) atoms. The summed E-state index contributed by atoms with van der Waals surface area (Å²) in [5.41, 5.74) is 15.3. The first-order chi connectivity index (χ1) is 19.6. The van der Waals surface area contributed by atoms with Gasteiger partial charge in [-0.2, -0.15) is 0 Å². The molecule has 7 nitrogen and oxygen atoms in total. The second kappa shape index (κ2) is 12.9. The summed E-state index contributed by atoms with van der Waals surface area (Å²) in [4.78, 5) is 21.7. The number of aromatic nitrogens is 2. The number of ether oxygens (including phenoxy) is 2. The Bertz CT molecular complexity index is 1570. The van der Waals surface area contributed by atoms with Gasteiger partial charge >= 0.3 is 0 Å². The molecule has 0 atom stereocenters. The van der Waals surface area contributed by atoms with Gasteiger partial charge in [0.1, 0.15) is 11.6 Å². The number of hydrogen-bond donors (Lipinski definition) is 2. The summed E-state index contributed by atoms with van der Waals surface area (Å²) in [6.45, 7) is 6.51. The molecule has 0 fully saturated rings. The van der Waals surface area contributed by atoms with Gasteiger partial charge in [-0.3, -0.25) is 4.79 Å². The third-order valence-corrected chi connectivity index (χ3v) is 7.22. The van der Waals surface area contributed by atoms with E-state index in [0.29, 0.717) is 29.9 Å². The van der Waals surface area contributed by atoms with Gasteiger partial charge in [0.25, 0.3) is 5.91 Å². The van der Waals surface area contributed by atoms with E-state index in [0.717, 1.165) is 39.9 Å². The Labute approximate surface area is 241 Å². The number of carbonyl (C=O) groups is 1. The number of pyridine rings is 2. The third kappa shape index (κ3) is 6.72. The molecule has 4 aromatic rings. The first-order valence-corrected chi connectivity index (χ1v) is 13.5. The number of nitrogens with one attached hydrogen (secondary N) is 1. The van der Waals surface area contributed by atoms with Crippen molar-refractivity contribution in [2.75, 3.05) is 27.1 Å². The summed E-state index contributed by atoms with van der Waals surface area (Å²) >= 11 is 0. The van der Waals surface area contributed by atoms with Gasteiger partial charge in [-0.15, -0.1) is 0 Å². The van der Waals surface area contributed by atoms with Gasteiger partial charge < -0.3 is 20.5 Å². The number of nitrogens with two attached hydrogens (primary N) is 1. The van der Waals surface area contributed by atoms with Crippen LogP contribution >= 0.6 is 0 Å². The van der Waals surface area contributed by atoms with Crippen molar-refractivity contribution in [3.8, 4) is 17.0 Å². The van der Waals surface area contributed by atoms with Gasteiger partial charge in [-0.25, -0.2) is 14.4 Å². The van der Waals surface area contributed by atoms with Crippen LogP contribution in [0.5, 0.6) is 5.88 Å². The zero-order valence-corrected chi connectivity index (χ0v) is 24.5. The molecule has 2 aromatic heterocycles. The van der Waals surface area contributed by atoms with Crippen molar-refractivity contribution in [2.45, 2.75) is 46.1 Å². The first kappa shape index (κ1) is 29.7. The summed E-state index contributed by atoms with van der Waals surface area (Å²) in [7, 11) is 4.71. The van der Waals surface area contributed by atoms with Crippen LogP contribution in [0.25, 0.3) is 11.1 Å². The molecule has 0 saturated heterocycles. The minimum atomic E-state index is -0.376. The number of nitrogens with zero attached hydrogens (tertiary/aromatic N) is 2. The normalized spacial score (nSPS) is 11.7. The summed E-state index contributed by atoms with van der Waals surface area (Å²) in [5, 5.41) is 3.06. The molecule has 3 N–H and O–H groups in total. The summed E-state index contributed by atoms with van der Waals surface area (Å²) < 4.78 is 23.9. The van der Waals surface area contributed by atoms with E-state index in [2.05, 4.69) is 33.9 Å². The number of rotatable bonds is 6. The molecule has 2 heterocycles. The van der Waals surface area contributed by atoms with E-state index < -0.39 is 0 Å². The monoisotopic (exact) mass is 556 g/mol. The highest BCUT2D eigenvalue weighted by molar-refractivity contribution is 5.94. The predicted octanol–water partition coefficient (Wildman–Crippen LogP) is 5.99. The summed E-state index contributed by atoms with van der Waals surface area (Å²) in [6, 6.07) is 15.0. The molecule has 0 unspecified atom stereocenters. The Hall–Kier alpha value is -4.30. The van der Waals surface area contributed by atoms with Gasteiger partial charge in [0.05, 0.1) is 7.11 Å². The number of hydrogen-bond acceptors (Lipinski definition) is 6. The van der Waals surface area contributed by atoms with E-state index in [4.69, 9.17) is 10.5 Å². The van der Waals surface area contributed by atoms with E-state index in [1.165, 1.54) is 30.5 Å². The molecule has 214 valence electrons. The average molecular weight is 557 g/mol. The molecule has 1 aliphatic rings. The lowest BCUT2D eigenvalue weighted by molar-refractivity contribution is 0.0950. The Morgan fingerprint density at radius 3 is 2.32 bits per heavy atom. The molecule has 0 spiro atoms. The lowest BCUT2D eigenvalue weighted by atomic mass is 9.84. The number of amides is 1.